The minimum Gasteiger partial charge on any atom is -0.321 e. The average molecular weight is 411 g/mol. The highest BCUT2D eigenvalue weighted by Crippen LogP contribution is 2.25. The summed E-state index contributed by atoms with van der Waals surface area (Å²) >= 11 is 6.01. The minimum absolute atomic E-state index is 0.0515. The fraction of sp³-hybridized carbons (Fsp3) is 0.0500. The maximum atomic E-state index is 12.7. The molecule has 0 aliphatic heterocycles. The van der Waals surface area contributed by atoms with Gasteiger partial charge in [0.2, 0.25) is 0 Å². The molecule has 0 aliphatic carbocycles. The van der Waals surface area contributed by atoms with E-state index in [0.29, 0.717) is 5.69 Å². The monoisotopic (exact) mass is 410 g/mol. The second kappa shape index (κ2) is 8.49. The van der Waals surface area contributed by atoms with Crippen LogP contribution in [-0.4, -0.2) is 21.7 Å². The molecule has 3 rings (SSSR count). The van der Waals surface area contributed by atoms with Crippen molar-refractivity contribution in [3.8, 4) is 0 Å². The highest BCUT2D eigenvalue weighted by atomic mass is 35.5. The van der Waals surface area contributed by atoms with Crippen molar-refractivity contribution in [1.82, 2.24) is 4.98 Å². The summed E-state index contributed by atoms with van der Waals surface area (Å²) in [4.78, 5) is 39.5. The molecule has 0 bridgehead atoms. The van der Waals surface area contributed by atoms with E-state index in [1.54, 1.807) is 36.5 Å². The zero-order valence-corrected chi connectivity index (χ0v) is 15.9. The van der Waals surface area contributed by atoms with Crippen LogP contribution in [0.2, 0.25) is 5.02 Å². The number of non-ortho nitro benzene ring substituents is 1. The largest absolute Gasteiger partial charge is 0.321 e. The second-order valence-corrected chi connectivity index (χ2v) is 6.47. The van der Waals surface area contributed by atoms with Crippen molar-refractivity contribution in [2.75, 3.05) is 10.6 Å². The molecular formula is C20H15ClN4O4. The van der Waals surface area contributed by atoms with Gasteiger partial charge in [0.25, 0.3) is 17.5 Å². The van der Waals surface area contributed by atoms with Gasteiger partial charge in [-0.25, -0.2) is 0 Å². The third-order valence-electron chi connectivity index (χ3n) is 4.12. The van der Waals surface area contributed by atoms with Gasteiger partial charge >= 0.3 is 0 Å². The molecule has 9 heteroatoms. The number of nitrogens with one attached hydrogen (secondary N) is 2. The van der Waals surface area contributed by atoms with Gasteiger partial charge in [0, 0.05) is 18.3 Å². The number of carbonyl (C=O) groups is 2. The molecule has 0 saturated heterocycles. The van der Waals surface area contributed by atoms with E-state index >= 15 is 0 Å². The van der Waals surface area contributed by atoms with E-state index in [1.807, 2.05) is 6.92 Å². The molecule has 29 heavy (non-hydrogen) atoms. The number of nitro benzene ring substituents is 1. The number of nitro groups is 1. The van der Waals surface area contributed by atoms with E-state index in [0.717, 1.165) is 11.6 Å². The first-order valence-electron chi connectivity index (χ1n) is 8.43. The van der Waals surface area contributed by atoms with Gasteiger partial charge in [-0.3, -0.25) is 24.7 Å². The van der Waals surface area contributed by atoms with Crippen molar-refractivity contribution >= 4 is 40.5 Å². The van der Waals surface area contributed by atoms with Crippen LogP contribution in [0.3, 0.4) is 0 Å². The standard InChI is InChI=1S/C20H15ClN4O4/c1-12-8-9-22-11-18(12)24-20(27)15-4-2-3-5-17(15)23-19(26)14-7-6-13(25(28)29)10-16(14)21/h2-11H,1H3,(H,23,26)(H,24,27). The van der Waals surface area contributed by atoms with Crippen molar-refractivity contribution in [2.45, 2.75) is 6.92 Å². The van der Waals surface area contributed by atoms with Gasteiger partial charge in [-0.1, -0.05) is 23.7 Å². The molecule has 1 aromatic heterocycles. The number of halogens is 1. The predicted molar refractivity (Wildman–Crippen MR) is 109 cm³/mol. The quantitative estimate of drug-likeness (QED) is 0.476. The molecular weight excluding hydrogens is 396 g/mol. The van der Waals surface area contributed by atoms with Crippen LogP contribution in [0.5, 0.6) is 0 Å². The Balaban J connectivity index is 1.84. The maximum absolute atomic E-state index is 12.7. The highest BCUT2D eigenvalue weighted by Gasteiger charge is 2.18. The van der Waals surface area contributed by atoms with Crippen LogP contribution in [0.4, 0.5) is 17.1 Å². The third-order valence-corrected chi connectivity index (χ3v) is 4.43. The molecule has 0 unspecified atom stereocenters. The summed E-state index contributed by atoms with van der Waals surface area (Å²) in [6.45, 7) is 1.83. The third kappa shape index (κ3) is 4.56. The number of benzene rings is 2. The van der Waals surface area contributed by atoms with Gasteiger partial charge in [-0.15, -0.1) is 0 Å². The predicted octanol–water partition coefficient (Wildman–Crippen LogP) is 4.46. The molecule has 2 N–H and O–H groups in total. The Bertz CT molecular complexity index is 1120. The van der Waals surface area contributed by atoms with E-state index in [1.165, 1.54) is 18.3 Å². The van der Waals surface area contributed by atoms with Gasteiger partial charge in [0.1, 0.15) is 0 Å². The molecule has 0 fully saturated rings. The van der Waals surface area contributed by atoms with E-state index in [2.05, 4.69) is 15.6 Å². The Hall–Kier alpha value is -3.78. The maximum Gasteiger partial charge on any atom is 0.270 e. The molecule has 8 nitrogen and oxygen atoms in total. The van der Waals surface area contributed by atoms with Crippen LogP contribution in [0.25, 0.3) is 0 Å². The van der Waals surface area contributed by atoms with E-state index in [-0.39, 0.29) is 27.5 Å². The Morgan fingerprint density at radius 3 is 2.38 bits per heavy atom. The first kappa shape index (κ1) is 20.0. The number of nitrogens with zero attached hydrogens (tertiary/aromatic N) is 2. The number of hydrogen-bond acceptors (Lipinski definition) is 5. The Labute approximate surface area is 170 Å². The van der Waals surface area contributed by atoms with Gasteiger partial charge in [-0.2, -0.15) is 0 Å². The molecule has 0 radical (unpaired) electrons. The molecule has 146 valence electrons. The lowest BCUT2D eigenvalue weighted by Crippen LogP contribution is -2.19. The zero-order valence-electron chi connectivity index (χ0n) is 15.2. The molecule has 1 heterocycles. The fourth-order valence-electron chi connectivity index (χ4n) is 2.57. The number of anilines is 2. The average Bonchev–Trinajstić information content (AvgIpc) is 2.69. The highest BCUT2D eigenvalue weighted by molar-refractivity contribution is 6.34. The summed E-state index contributed by atoms with van der Waals surface area (Å²) < 4.78 is 0. The number of carbonyl (C=O) groups excluding carboxylic acids is 2. The first-order chi connectivity index (χ1) is 13.9. The molecule has 2 aromatic carbocycles. The summed E-state index contributed by atoms with van der Waals surface area (Å²) in [5.41, 5.74) is 1.73. The Morgan fingerprint density at radius 2 is 1.69 bits per heavy atom. The lowest BCUT2D eigenvalue weighted by molar-refractivity contribution is -0.384. The fourth-order valence-corrected chi connectivity index (χ4v) is 2.83. The number of hydrogen-bond donors (Lipinski definition) is 2. The van der Waals surface area contributed by atoms with Gasteiger partial charge in [0.05, 0.1) is 38.6 Å². The molecule has 2 amide bonds. The van der Waals surface area contributed by atoms with Gasteiger partial charge < -0.3 is 10.6 Å². The lowest BCUT2D eigenvalue weighted by Gasteiger charge is -2.13. The van der Waals surface area contributed by atoms with E-state index in [9.17, 15) is 19.7 Å². The molecule has 0 aliphatic rings. The van der Waals surface area contributed by atoms with E-state index in [4.69, 9.17) is 11.6 Å². The van der Waals surface area contributed by atoms with Crippen LogP contribution in [-0.2, 0) is 0 Å². The Morgan fingerprint density at radius 1 is 1.00 bits per heavy atom. The topological polar surface area (TPSA) is 114 Å². The molecule has 0 saturated carbocycles. The van der Waals surface area contributed by atoms with E-state index < -0.39 is 16.7 Å². The van der Waals surface area contributed by atoms with Gasteiger partial charge in [-0.05, 0) is 36.8 Å². The smallest absolute Gasteiger partial charge is 0.270 e. The number of para-hydroxylation sites is 1. The summed E-state index contributed by atoms with van der Waals surface area (Å²) in [6, 6.07) is 11.8. The molecule has 3 aromatic rings. The van der Waals surface area contributed by atoms with Crippen LogP contribution in [0.15, 0.2) is 60.9 Å². The van der Waals surface area contributed by atoms with Crippen molar-refractivity contribution in [2.24, 2.45) is 0 Å². The van der Waals surface area contributed by atoms with Crippen molar-refractivity contribution in [3.05, 3.63) is 92.8 Å². The normalized spacial score (nSPS) is 10.3. The Kier molecular flexibility index (Phi) is 5.85. The van der Waals surface area contributed by atoms with Crippen LogP contribution in [0.1, 0.15) is 26.3 Å². The summed E-state index contributed by atoms with van der Waals surface area (Å²) in [7, 11) is 0. The van der Waals surface area contributed by atoms with Crippen molar-refractivity contribution < 1.29 is 14.5 Å². The second-order valence-electron chi connectivity index (χ2n) is 6.07. The SMILES string of the molecule is Cc1ccncc1NC(=O)c1ccccc1NC(=O)c1ccc([N+](=O)[O-])cc1Cl. The summed E-state index contributed by atoms with van der Waals surface area (Å²) in [5, 5.41) is 16.1. The number of pyridine rings is 1. The molecule has 0 atom stereocenters. The molecule has 0 spiro atoms. The van der Waals surface area contributed by atoms with Crippen molar-refractivity contribution in [3.63, 3.8) is 0 Å². The van der Waals surface area contributed by atoms with Crippen LogP contribution < -0.4 is 10.6 Å². The minimum atomic E-state index is -0.604. The first-order valence-corrected chi connectivity index (χ1v) is 8.81. The lowest BCUT2D eigenvalue weighted by atomic mass is 10.1. The zero-order chi connectivity index (χ0) is 21.0. The van der Waals surface area contributed by atoms with Crippen LogP contribution >= 0.6 is 11.6 Å². The number of amides is 2. The van der Waals surface area contributed by atoms with Crippen LogP contribution in [0, 0.1) is 17.0 Å². The van der Waals surface area contributed by atoms with Gasteiger partial charge in [0.15, 0.2) is 0 Å². The summed E-state index contributed by atoms with van der Waals surface area (Å²) in [6.07, 6.45) is 3.15. The summed E-state index contributed by atoms with van der Waals surface area (Å²) in [5.74, 6) is -1.02. The number of rotatable bonds is 5. The number of aryl methyl sites for hydroxylation is 1. The number of aromatic nitrogens is 1. The van der Waals surface area contributed by atoms with Crippen molar-refractivity contribution in [1.29, 1.82) is 0 Å².